The molecule has 1 atom stereocenters. The van der Waals surface area contributed by atoms with Gasteiger partial charge in [-0.1, -0.05) is 32.1 Å². The van der Waals surface area contributed by atoms with Crippen molar-refractivity contribution in [2.45, 2.75) is 58.7 Å². The second-order valence-corrected chi connectivity index (χ2v) is 11.6. The molecule has 1 aromatic carbocycles. The quantitative estimate of drug-likeness (QED) is 0.457. The van der Waals surface area contributed by atoms with Crippen molar-refractivity contribution in [3.8, 4) is 0 Å². The summed E-state index contributed by atoms with van der Waals surface area (Å²) in [5.74, 6) is -2.10. The Morgan fingerprint density at radius 2 is 1.89 bits per heavy atom. The highest BCUT2D eigenvalue weighted by Gasteiger charge is 2.34. The molecule has 1 aliphatic carbocycles. The molecule has 0 aliphatic heterocycles. The first-order chi connectivity index (χ1) is 16.6. The number of anilines is 1. The average molecular weight is 528 g/mol. The topological polar surface area (TPSA) is 88.2 Å². The second-order valence-electron chi connectivity index (χ2n) is 9.85. The molecule has 11 heteroatoms. The van der Waals surface area contributed by atoms with E-state index in [0.717, 1.165) is 24.8 Å². The number of carbonyl (C=O) groups is 1. The number of pyridine rings is 1. The van der Waals surface area contributed by atoms with Gasteiger partial charge in [0.15, 0.2) is 0 Å². The molecule has 0 saturated carbocycles. The SMILES string of the molecule is CC(C(=O)NCc1ccc(C(F)(F)F)nc1C1=CCC(C)(C)CC1)c1ccc(NS(C)(=O)=O)c(F)c1. The van der Waals surface area contributed by atoms with Gasteiger partial charge < -0.3 is 5.32 Å². The number of allylic oxidation sites excluding steroid dienone is 2. The molecular weight excluding hydrogens is 498 g/mol. The van der Waals surface area contributed by atoms with Crippen LogP contribution in [0.25, 0.3) is 5.57 Å². The average Bonchev–Trinajstić information content (AvgIpc) is 2.77. The summed E-state index contributed by atoms with van der Waals surface area (Å²) in [6.07, 6.45) is 0.293. The highest BCUT2D eigenvalue weighted by molar-refractivity contribution is 7.92. The van der Waals surface area contributed by atoms with Crippen LogP contribution in [-0.4, -0.2) is 25.6 Å². The zero-order chi connectivity index (χ0) is 26.9. The van der Waals surface area contributed by atoms with E-state index in [0.29, 0.717) is 29.5 Å². The van der Waals surface area contributed by atoms with Crippen molar-refractivity contribution in [1.29, 1.82) is 0 Å². The highest BCUT2D eigenvalue weighted by Crippen LogP contribution is 2.39. The molecular formula is C25H29F4N3O3S. The molecule has 1 amide bonds. The number of alkyl halides is 3. The van der Waals surface area contributed by atoms with Crippen LogP contribution in [0.1, 0.15) is 68.5 Å². The van der Waals surface area contributed by atoms with Gasteiger partial charge in [-0.15, -0.1) is 0 Å². The maximum atomic E-state index is 14.3. The summed E-state index contributed by atoms with van der Waals surface area (Å²) in [5.41, 5.74) is 0.518. The molecule has 0 bridgehead atoms. The molecule has 1 aliphatic rings. The number of nitrogens with zero attached hydrogens (tertiary/aromatic N) is 1. The Morgan fingerprint density at radius 1 is 1.19 bits per heavy atom. The maximum absolute atomic E-state index is 14.3. The van der Waals surface area contributed by atoms with Gasteiger partial charge in [0, 0.05) is 6.54 Å². The van der Waals surface area contributed by atoms with Crippen LogP contribution in [0.15, 0.2) is 36.4 Å². The van der Waals surface area contributed by atoms with E-state index in [1.54, 1.807) is 6.92 Å². The van der Waals surface area contributed by atoms with Crippen LogP contribution in [0.2, 0.25) is 0 Å². The summed E-state index contributed by atoms with van der Waals surface area (Å²) in [6.45, 7) is 5.68. The van der Waals surface area contributed by atoms with Crippen molar-refractivity contribution >= 4 is 27.2 Å². The number of hydrogen-bond acceptors (Lipinski definition) is 4. The van der Waals surface area contributed by atoms with Gasteiger partial charge in [0.2, 0.25) is 15.9 Å². The van der Waals surface area contributed by atoms with Gasteiger partial charge in [-0.05, 0) is 66.5 Å². The fourth-order valence-electron chi connectivity index (χ4n) is 3.93. The Kier molecular flexibility index (Phi) is 7.83. The van der Waals surface area contributed by atoms with Gasteiger partial charge in [-0.25, -0.2) is 17.8 Å². The fraction of sp³-hybridized carbons (Fsp3) is 0.440. The third-order valence-corrected chi connectivity index (χ3v) is 6.77. The Labute approximate surface area is 208 Å². The minimum atomic E-state index is -4.60. The first-order valence-electron chi connectivity index (χ1n) is 11.4. The molecule has 1 unspecified atom stereocenters. The van der Waals surface area contributed by atoms with Crippen molar-refractivity contribution < 1.29 is 30.8 Å². The number of rotatable bonds is 7. The van der Waals surface area contributed by atoms with E-state index in [4.69, 9.17) is 0 Å². The van der Waals surface area contributed by atoms with E-state index >= 15 is 0 Å². The third-order valence-electron chi connectivity index (χ3n) is 6.18. The molecule has 0 saturated heterocycles. The van der Waals surface area contributed by atoms with Gasteiger partial charge >= 0.3 is 6.18 Å². The lowest BCUT2D eigenvalue weighted by molar-refractivity contribution is -0.141. The molecule has 36 heavy (non-hydrogen) atoms. The zero-order valence-electron chi connectivity index (χ0n) is 20.5. The molecule has 196 valence electrons. The predicted molar refractivity (Wildman–Crippen MR) is 130 cm³/mol. The minimum Gasteiger partial charge on any atom is -0.351 e. The van der Waals surface area contributed by atoms with E-state index in [1.807, 2.05) is 6.08 Å². The summed E-state index contributed by atoms with van der Waals surface area (Å²) in [5, 5.41) is 2.70. The fourth-order valence-corrected chi connectivity index (χ4v) is 4.49. The summed E-state index contributed by atoms with van der Waals surface area (Å²) in [6, 6.07) is 5.94. The Bertz CT molecular complexity index is 1290. The third kappa shape index (κ3) is 7.05. The summed E-state index contributed by atoms with van der Waals surface area (Å²) in [4.78, 5) is 16.7. The number of carbonyl (C=O) groups excluding carboxylic acids is 1. The van der Waals surface area contributed by atoms with Crippen LogP contribution >= 0.6 is 0 Å². The summed E-state index contributed by atoms with van der Waals surface area (Å²) in [7, 11) is -3.67. The van der Waals surface area contributed by atoms with Gasteiger partial charge in [-0.2, -0.15) is 13.2 Å². The van der Waals surface area contributed by atoms with Crippen molar-refractivity contribution in [2.75, 3.05) is 11.0 Å². The Balaban J connectivity index is 1.80. The van der Waals surface area contributed by atoms with Crippen LogP contribution in [0.5, 0.6) is 0 Å². The number of benzene rings is 1. The van der Waals surface area contributed by atoms with Crippen LogP contribution < -0.4 is 10.0 Å². The van der Waals surface area contributed by atoms with Crippen molar-refractivity contribution in [3.05, 3.63) is 64.7 Å². The van der Waals surface area contributed by atoms with Crippen LogP contribution in [-0.2, 0) is 27.5 Å². The lowest BCUT2D eigenvalue weighted by Gasteiger charge is -2.29. The molecule has 6 nitrogen and oxygen atoms in total. The van der Waals surface area contributed by atoms with Gasteiger partial charge in [0.25, 0.3) is 0 Å². The lowest BCUT2D eigenvalue weighted by atomic mass is 9.77. The molecule has 0 radical (unpaired) electrons. The van der Waals surface area contributed by atoms with Crippen molar-refractivity contribution in [3.63, 3.8) is 0 Å². The molecule has 0 spiro atoms. The normalized spacial score (nSPS) is 16.7. The Morgan fingerprint density at radius 3 is 2.44 bits per heavy atom. The summed E-state index contributed by atoms with van der Waals surface area (Å²) >= 11 is 0. The molecule has 2 aromatic rings. The van der Waals surface area contributed by atoms with Crippen LogP contribution in [0.3, 0.4) is 0 Å². The Hall–Kier alpha value is -2.95. The van der Waals surface area contributed by atoms with E-state index < -0.39 is 39.5 Å². The maximum Gasteiger partial charge on any atom is 0.433 e. The highest BCUT2D eigenvalue weighted by atomic mass is 32.2. The standard InChI is InChI=1S/C25H29F4N3O3S/c1-15(17-5-7-20(19(26)13-17)32-36(4,34)35)23(33)30-14-18-6-8-21(25(27,28)29)31-22(18)16-9-11-24(2,3)12-10-16/h5-9,13,15,32H,10-12,14H2,1-4H3,(H,30,33). The second kappa shape index (κ2) is 10.2. The molecule has 3 rings (SSSR count). The van der Waals surface area contributed by atoms with Gasteiger partial charge in [0.05, 0.1) is 23.6 Å². The zero-order valence-corrected chi connectivity index (χ0v) is 21.3. The smallest absolute Gasteiger partial charge is 0.351 e. The molecule has 0 fully saturated rings. The lowest BCUT2D eigenvalue weighted by Crippen LogP contribution is -2.28. The first-order valence-corrected chi connectivity index (χ1v) is 13.3. The number of sulfonamides is 1. The van der Waals surface area contributed by atoms with E-state index in [9.17, 15) is 30.8 Å². The number of amides is 1. The first kappa shape index (κ1) is 27.6. The molecule has 1 heterocycles. The molecule has 2 N–H and O–H groups in total. The van der Waals surface area contributed by atoms with E-state index in [1.165, 1.54) is 18.2 Å². The van der Waals surface area contributed by atoms with Gasteiger partial charge in [-0.3, -0.25) is 9.52 Å². The molecule has 1 aromatic heterocycles. The number of hydrogen-bond donors (Lipinski definition) is 2. The van der Waals surface area contributed by atoms with Crippen molar-refractivity contribution in [2.24, 2.45) is 5.41 Å². The summed E-state index contributed by atoms with van der Waals surface area (Å²) < 4.78 is 79.1. The number of aromatic nitrogens is 1. The van der Waals surface area contributed by atoms with E-state index in [2.05, 4.69) is 28.9 Å². The largest absolute Gasteiger partial charge is 0.433 e. The van der Waals surface area contributed by atoms with Gasteiger partial charge in [0.1, 0.15) is 11.5 Å². The monoisotopic (exact) mass is 527 g/mol. The van der Waals surface area contributed by atoms with E-state index in [-0.39, 0.29) is 23.3 Å². The number of halogens is 4. The van der Waals surface area contributed by atoms with Crippen LogP contribution in [0.4, 0.5) is 23.2 Å². The van der Waals surface area contributed by atoms with Crippen LogP contribution in [0, 0.1) is 11.2 Å². The predicted octanol–water partition coefficient (Wildman–Crippen LogP) is 5.62. The number of nitrogens with one attached hydrogen (secondary N) is 2. The van der Waals surface area contributed by atoms with Crippen molar-refractivity contribution in [1.82, 2.24) is 10.3 Å². The minimum absolute atomic E-state index is 0.0522.